The molecule has 0 radical (unpaired) electrons. The summed E-state index contributed by atoms with van der Waals surface area (Å²) in [6, 6.07) is 0. The smallest absolute Gasteiger partial charge is 0.242 e. The van der Waals surface area contributed by atoms with Crippen LogP contribution < -0.4 is 5.32 Å². The average molecular weight is 265 g/mol. The molecule has 2 unspecified atom stereocenters. The fraction of sp³-hybridized carbons (Fsp3) is 0.857. The first-order valence-corrected chi connectivity index (χ1v) is 7.42. The Morgan fingerprint density at radius 1 is 1.21 bits per heavy atom. The van der Waals surface area contributed by atoms with Gasteiger partial charge in [0.1, 0.15) is 0 Å². The molecule has 0 bridgehead atoms. The van der Waals surface area contributed by atoms with Crippen molar-refractivity contribution in [1.29, 1.82) is 0 Å². The second-order valence-electron chi connectivity index (χ2n) is 6.11. The lowest BCUT2D eigenvalue weighted by Crippen LogP contribution is -2.50. The van der Waals surface area contributed by atoms with Crippen LogP contribution in [0.2, 0.25) is 0 Å². The minimum Gasteiger partial charge on any atom is -0.339 e. The molecule has 0 spiro atoms. The number of nitrogens with zero attached hydrogens (tertiary/aromatic N) is 2. The van der Waals surface area contributed by atoms with Gasteiger partial charge in [-0.15, -0.1) is 0 Å². The van der Waals surface area contributed by atoms with Crippen LogP contribution in [-0.4, -0.2) is 61.4 Å². The topological polar surface area (TPSA) is 52.7 Å². The van der Waals surface area contributed by atoms with Crippen molar-refractivity contribution >= 4 is 11.8 Å². The van der Waals surface area contributed by atoms with Gasteiger partial charge >= 0.3 is 0 Å². The van der Waals surface area contributed by atoms with Crippen molar-refractivity contribution in [2.75, 3.05) is 39.8 Å². The molecular formula is C14H23N3O2. The lowest BCUT2D eigenvalue weighted by molar-refractivity contribution is -0.140. The number of hydrogen-bond donors (Lipinski definition) is 1. The van der Waals surface area contributed by atoms with E-state index >= 15 is 0 Å². The van der Waals surface area contributed by atoms with Crippen LogP contribution in [-0.2, 0) is 9.59 Å². The molecule has 1 heterocycles. The Morgan fingerprint density at radius 2 is 1.84 bits per heavy atom. The molecule has 5 heteroatoms. The zero-order valence-electron chi connectivity index (χ0n) is 11.6. The first-order chi connectivity index (χ1) is 9.18. The molecule has 3 aliphatic rings. The molecule has 19 heavy (non-hydrogen) atoms. The van der Waals surface area contributed by atoms with E-state index in [1.807, 2.05) is 4.90 Å². The predicted molar refractivity (Wildman–Crippen MR) is 71.4 cm³/mol. The zero-order chi connectivity index (χ0) is 13.4. The summed E-state index contributed by atoms with van der Waals surface area (Å²) < 4.78 is 0. The van der Waals surface area contributed by atoms with E-state index in [4.69, 9.17) is 0 Å². The van der Waals surface area contributed by atoms with E-state index < -0.39 is 0 Å². The van der Waals surface area contributed by atoms with Crippen molar-refractivity contribution in [3.05, 3.63) is 0 Å². The lowest BCUT2D eigenvalue weighted by atomic mass is 10.1. The molecule has 2 aliphatic carbocycles. The van der Waals surface area contributed by atoms with Gasteiger partial charge in [0.25, 0.3) is 0 Å². The third kappa shape index (κ3) is 2.48. The highest BCUT2D eigenvalue weighted by Crippen LogP contribution is 2.57. The molecular weight excluding hydrogens is 242 g/mol. The van der Waals surface area contributed by atoms with Gasteiger partial charge in [0.05, 0.1) is 6.54 Å². The van der Waals surface area contributed by atoms with Crippen molar-refractivity contribution < 1.29 is 9.59 Å². The van der Waals surface area contributed by atoms with Crippen molar-refractivity contribution in [3.8, 4) is 0 Å². The van der Waals surface area contributed by atoms with Gasteiger partial charge in [-0.25, -0.2) is 0 Å². The molecule has 5 nitrogen and oxygen atoms in total. The van der Waals surface area contributed by atoms with Crippen molar-refractivity contribution in [1.82, 2.24) is 15.1 Å². The summed E-state index contributed by atoms with van der Waals surface area (Å²) in [5.74, 6) is 1.77. The maximum absolute atomic E-state index is 12.3. The maximum atomic E-state index is 12.3. The highest BCUT2D eigenvalue weighted by atomic mass is 16.2. The summed E-state index contributed by atoms with van der Waals surface area (Å²) >= 11 is 0. The number of likely N-dealkylation sites (N-methyl/N-ethyl adjacent to an activating group) is 1. The van der Waals surface area contributed by atoms with Gasteiger partial charge in [0.2, 0.25) is 11.8 Å². The van der Waals surface area contributed by atoms with E-state index in [0.717, 1.165) is 26.2 Å². The fourth-order valence-corrected chi connectivity index (χ4v) is 3.74. The van der Waals surface area contributed by atoms with Crippen LogP contribution in [0, 0.1) is 17.8 Å². The second-order valence-corrected chi connectivity index (χ2v) is 6.11. The van der Waals surface area contributed by atoms with E-state index in [1.165, 1.54) is 19.3 Å². The minimum absolute atomic E-state index is 0.0863. The maximum Gasteiger partial charge on any atom is 0.242 e. The van der Waals surface area contributed by atoms with Gasteiger partial charge in [-0.1, -0.05) is 6.42 Å². The average Bonchev–Trinajstić information content (AvgIpc) is 2.90. The molecule has 1 aliphatic heterocycles. The number of nitrogens with one attached hydrogen (secondary N) is 1. The Bertz CT molecular complexity index is 369. The van der Waals surface area contributed by atoms with Crippen LogP contribution in [0.3, 0.4) is 0 Å². The molecule has 1 N–H and O–H groups in total. The Morgan fingerprint density at radius 3 is 2.47 bits per heavy atom. The van der Waals surface area contributed by atoms with Gasteiger partial charge < -0.3 is 15.1 Å². The summed E-state index contributed by atoms with van der Waals surface area (Å²) in [7, 11) is 1.77. The van der Waals surface area contributed by atoms with E-state index in [9.17, 15) is 9.59 Å². The van der Waals surface area contributed by atoms with Gasteiger partial charge in [0, 0.05) is 39.1 Å². The lowest BCUT2D eigenvalue weighted by Gasteiger charge is -2.29. The van der Waals surface area contributed by atoms with Crippen molar-refractivity contribution in [3.63, 3.8) is 0 Å². The molecule has 106 valence electrons. The molecule has 2 amide bonds. The van der Waals surface area contributed by atoms with E-state index in [-0.39, 0.29) is 24.3 Å². The Kier molecular flexibility index (Phi) is 3.48. The highest BCUT2D eigenvalue weighted by molar-refractivity contribution is 5.87. The molecule has 0 aromatic rings. The largest absolute Gasteiger partial charge is 0.339 e. The van der Waals surface area contributed by atoms with Crippen LogP contribution in [0.4, 0.5) is 0 Å². The zero-order valence-corrected chi connectivity index (χ0v) is 11.6. The SMILES string of the molecule is CN(CC(=O)N1CCNCC1)C(=O)C1C2CCCC21. The second kappa shape index (κ2) is 5.12. The number of fused-ring (bicyclic) bond motifs is 1. The van der Waals surface area contributed by atoms with Crippen LogP contribution in [0.15, 0.2) is 0 Å². The van der Waals surface area contributed by atoms with Gasteiger partial charge in [0.15, 0.2) is 0 Å². The molecule has 2 saturated carbocycles. The quantitative estimate of drug-likeness (QED) is 0.777. The van der Waals surface area contributed by atoms with Crippen LogP contribution in [0.1, 0.15) is 19.3 Å². The highest BCUT2D eigenvalue weighted by Gasteiger charge is 2.57. The molecule has 0 aromatic heterocycles. The summed E-state index contributed by atoms with van der Waals surface area (Å²) in [6.07, 6.45) is 3.70. The Hall–Kier alpha value is -1.10. The number of rotatable bonds is 3. The summed E-state index contributed by atoms with van der Waals surface area (Å²) in [6.45, 7) is 3.48. The van der Waals surface area contributed by atoms with Crippen LogP contribution >= 0.6 is 0 Å². The number of hydrogen-bond acceptors (Lipinski definition) is 3. The summed E-state index contributed by atoms with van der Waals surface area (Å²) in [5.41, 5.74) is 0. The molecule has 2 atom stereocenters. The van der Waals surface area contributed by atoms with Gasteiger partial charge in [-0.05, 0) is 24.7 Å². The van der Waals surface area contributed by atoms with Crippen molar-refractivity contribution in [2.24, 2.45) is 17.8 Å². The van der Waals surface area contributed by atoms with Crippen LogP contribution in [0.25, 0.3) is 0 Å². The Balaban J connectivity index is 1.49. The van der Waals surface area contributed by atoms with Crippen LogP contribution in [0.5, 0.6) is 0 Å². The monoisotopic (exact) mass is 265 g/mol. The minimum atomic E-state index is 0.0863. The Labute approximate surface area is 114 Å². The van der Waals surface area contributed by atoms with E-state index in [1.54, 1.807) is 11.9 Å². The summed E-state index contributed by atoms with van der Waals surface area (Å²) in [4.78, 5) is 27.9. The normalized spacial score (nSPS) is 32.9. The molecule has 0 aromatic carbocycles. The van der Waals surface area contributed by atoms with E-state index in [0.29, 0.717) is 11.8 Å². The number of carbonyl (C=O) groups is 2. The summed E-state index contributed by atoms with van der Waals surface area (Å²) in [5, 5.41) is 3.23. The first kappa shape index (κ1) is 12.9. The van der Waals surface area contributed by atoms with Gasteiger partial charge in [-0.2, -0.15) is 0 Å². The standard InChI is InChI=1S/C14H23N3O2/c1-16(9-12(18)17-7-5-15-6-8-17)14(19)13-10-3-2-4-11(10)13/h10-11,13,15H,2-9H2,1H3. The number of amides is 2. The first-order valence-electron chi connectivity index (χ1n) is 7.42. The number of carbonyl (C=O) groups excluding carboxylic acids is 2. The molecule has 1 saturated heterocycles. The van der Waals surface area contributed by atoms with Gasteiger partial charge in [-0.3, -0.25) is 9.59 Å². The fourth-order valence-electron chi connectivity index (χ4n) is 3.74. The molecule has 3 fully saturated rings. The third-order valence-electron chi connectivity index (χ3n) is 4.91. The third-order valence-corrected chi connectivity index (χ3v) is 4.91. The van der Waals surface area contributed by atoms with Crippen molar-refractivity contribution in [2.45, 2.75) is 19.3 Å². The van der Waals surface area contributed by atoms with E-state index in [2.05, 4.69) is 5.32 Å². The molecule has 3 rings (SSSR count). The predicted octanol–water partition coefficient (Wildman–Crippen LogP) is -0.0773. The number of piperazine rings is 1.